The van der Waals surface area contributed by atoms with Gasteiger partial charge in [-0.25, -0.2) is 0 Å². The first kappa shape index (κ1) is 20.6. The monoisotopic (exact) mass is 394 g/mol. The van der Waals surface area contributed by atoms with Crippen LogP contribution in [0.3, 0.4) is 0 Å². The fourth-order valence-corrected chi connectivity index (χ4v) is 3.25. The Morgan fingerprint density at radius 1 is 1.19 bits per heavy atom. The highest BCUT2D eigenvalue weighted by molar-refractivity contribution is 5.85. The standard InChI is InChI=1S/C17H21F3N2O3.ClH/c18-17(19,20)15-5-3-12(21)10-22(15)16(23)6-2-11-1-4-13-14(9-11)25-8-7-24-13;/h1,4,9,12,15H,2-3,5-8,10,21H2;1H. The first-order valence-corrected chi connectivity index (χ1v) is 8.35. The number of likely N-dealkylation sites (tertiary alicyclic amines) is 1. The quantitative estimate of drug-likeness (QED) is 0.856. The Morgan fingerprint density at radius 3 is 2.58 bits per heavy atom. The van der Waals surface area contributed by atoms with Crippen molar-refractivity contribution in [3.05, 3.63) is 23.8 Å². The van der Waals surface area contributed by atoms with E-state index in [0.29, 0.717) is 31.1 Å². The highest BCUT2D eigenvalue weighted by atomic mass is 35.5. The lowest BCUT2D eigenvalue weighted by Crippen LogP contribution is -2.56. The second kappa shape index (κ2) is 8.35. The van der Waals surface area contributed by atoms with Gasteiger partial charge in [-0.2, -0.15) is 13.2 Å². The highest BCUT2D eigenvalue weighted by Crippen LogP contribution is 2.33. The Kier molecular flexibility index (Phi) is 6.63. The molecule has 2 aliphatic rings. The third-order valence-corrected chi connectivity index (χ3v) is 4.55. The summed E-state index contributed by atoms with van der Waals surface area (Å²) in [6, 6.07) is 3.18. The van der Waals surface area contributed by atoms with Crippen molar-refractivity contribution in [2.24, 2.45) is 5.73 Å². The molecular weight excluding hydrogens is 373 g/mol. The maximum atomic E-state index is 13.2. The number of nitrogens with zero attached hydrogens (tertiary/aromatic N) is 1. The van der Waals surface area contributed by atoms with E-state index < -0.39 is 24.2 Å². The van der Waals surface area contributed by atoms with Crippen molar-refractivity contribution in [1.29, 1.82) is 0 Å². The van der Waals surface area contributed by atoms with Gasteiger partial charge in [0.25, 0.3) is 0 Å². The number of carbonyl (C=O) groups excluding carboxylic acids is 1. The lowest BCUT2D eigenvalue weighted by Gasteiger charge is -2.39. The zero-order valence-electron chi connectivity index (χ0n) is 14.1. The maximum Gasteiger partial charge on any atom is 0.408 e. The molecule has 26 heavy (non-hydrogen) atoms. The van der Waals surface area contributed by atoms with Gasteiger partial charge in [-0.05, 0) is 37.0 Å². The Hall–Kier alpha value is -1.67. The van der Waals surface area contributed by atoms with E-state index in [1.54, 1.807) is 18.2 Å². The van der Waals surface area contributed by atoms with E-state index in [1.165, 1.54) is 0 Å². The summed E-state index contributed by atoms with van der Waals surface area (Å²) in [7, 11) is 0. The second-order valence-electron chi connectivity index (χ2n) is 6.42. The van der Waals surface area contributed by atoms with E-state index in [0.717, 1.165) is 10.5 Å². The van der Waals surface area contributed by atoms with Crippen LogP contribution in [-0.4, -0.2) is 48.8 Å². The fourth-order valence-electron chi connectivity index (χ4n) is 3.25. The van der Waals surface area contributed by atoms with Crippen molar-refractivity contribution in [1.82, 2.24) is 4.90 Å². The molecule has 5 nitrogen and oxygen atoms in total. The van der Waals surface area contributed by atoms with Crippen molar-refractivity contribution in [2.75, 3.05) is 19.8 Å². The average molecular weight is 395 g/mol. The minimum absolute atomic E-state index is 0. The van der Waals surface area contributed by atoms with Gasteiger partial charge in [0.15, 0.2) is 11.5 Å². The minimum Gasteiger partial charge on any atom is -0.486 e. The molecule has 0 bridgehead atoms. The number of fused-ring (bicyclic) bond motifs is 1. The van der Waals surface area contributed by atoms with Gasteiger partial charge in [0.2, 0.25) is 5.91 Å². The largest absolute Gasteiger partial charge is 0.486 e. The Balaban J connectivity index is 0.00000243. The summed E-state index contributed by atoms with van der Waals surface area (Å²) in [4.78, 5) is 13.3. The predicted octanol–water partition coefficient (Wildman–Crippen LogP) is 2.69. The predicted molar refractivity (Wildman–Crippen MR) is 91.8 cm³/mol. The molecule has 2 unspecified atom stereocenters. The molecule has 0 aromatic heterocycles. The zero-order chi connectivity index (χ0) is 18.0. The van der Waals surface area contributed by atoms with Crippen LogP contribution in [0.25, 0.3) is 0 Å². The number of hydrogen-bond acceptors (Lipinski definition) is 4. The van der Waals surface area contributed by atoms with E-state index >= 15 is 0 Å². The molecule has 0 saturated carbocycles. The molecule has 0 aliphatic carbocycles. The van der Waals surface area contributed by atoms with Crippen LogP contribution in [0.1, 0.15) is 24.8 Å². The fraction of sp³-hybridized carbons (Fsp3) is 0.588. The van der Waals surface area contributed by atoms with Crippen molar-refractivity contribution in [2.45, 2.75) is 43.9 Å². The van der Waals surface area contributed by atoms with Crippen molar-refractivity contribution >= 4 is 18.3 Å². The zero-order valence-corrected chi connectivity index (χ0v) is 14.9. The number of hydrogen-bond donors (Lipinski definition) is 1. The lowest BCUT2D eigenvalue weighted by molar-refractivity contribution is -0.196. The number of benzene rings is 1. The van der Waals surface area contributed by atoms with Crippen LogP contribution in [0.2, 0.25) is 0 Å². The van der Waals surface area contributed by atoms with E-state index in [4.69, 9.17) is 15.2 Å². The summed E-state index contributed by atoms with van der Waals surface area (Å²) >= 11 is 0. The molecule has 0 spiro atoms. The van der Waals surface area contributed by atoms with Gasteiger partial charge >= 0.3 is 6.18 Å². The molecule has 2 atom stereocenters. The molecule has 2 N–H and O–H groups in total. The van der Waals surface area contributed by atoms with Crippen LogP contribution >= 0.6 is 12.4 Å². The van der Waals surface area contributed by atoms with Crippen molar-refractivity contribution in [3.8, 4) is 11.5 Å². The van der Waals surface area contributed by atoms with Crippen LogP contribution < -0.4 is 15.2 Å². The van der Waals surface area contributed by atoms with E-state index in [2.05, 4.69) is 0 Å². The van der Waals surface area contributed by atoms with Crippen molar-refractivity contribution in [3.63, 3.8) is 0 Å². The smallest absolute Gasteiger partial charge is 0.408 e. The third-order valence-electron chi connectivity index (χ3n) is 4.55. The van der Waals surface area contributed by atoms with Crippen LogP contribution in [0.15, 0.2) is 18.2 Å². The first-order valence-electron chi connectivity index (χ1n) is 8.35. The minimum atomic E-state index is -4.42. The van der Waals surface area contributed by atoms with Gasteiger partial charge in [-0.3, -0.25) is 4.79 Å². The first-order chi connectivity index (χ1) is 11.8. The summed E-state index contributed by atoms with van der Waals surface area (Å²) < 4.78 is 50.4. The molecule has 1 saturated heterocycles. The lowest BCUT2D eigenvalue weighted by atomic mass is 9.97. The number of rotatable bonds is 3. The van der Waals surface area contributed by atoms with Gasteiger partial charge in [-0.15, -0.1) is 12.4 Å². The molecular formula is C17H22ClF3N2O3. The molecule has 1 aromatic carbocycles. The van der Waals surface area contributed by atoms with E-state index in [1.807, 2.05) is 0 Å². The van der Waals surface area contributed by atoms with Crippen LogP contribution in [0, 0.1) is 0 Å². The topological polar surface area (TPSA) is 64.8 Å². The number of halogens is 4. The molecule has 146 valence electrons. The number of piperidine rings is 1. The SMILES string of the molecule is Cl.NC1CCC(C(F)(F)F)N(C(=O)CCc2ccc3c(c2)OCCO3)C1. The summed E-state index contributed by atoms with van der Waals surface area (Å²) in [6.07, 6.45) is -3.95. The van der Waals surface area contributed by atoms with Crippen LogP contribution in [-0.2, 0) is 11.2 Å². The second-order valence-corrected chi connectivity index (χ2v) is 6.42. The Morgan fingerprint density at radius 2 is 1.88 bits per heavy atom. The van der Waals surface area contributed by atoms with E-state index in [-0.39, 0.29) is 38.2 Å². The molecule has 9 heteroatoms. The number of amides is 1. The molecule has 2 aliphatic heterocycles. The Bertz CT molecular complexity index is 642. The van der Waals surface area contributed by atoms with Gasteiger partial charge in [0.05, 0.1) is 0 Å². The Labute approximate surface area is 156 Å². The molecule has 1 fully saturated rings. The third kappa shape index (κ3) is 4.73. The molecule has 3 rings (SSSR count). The molecule has 1 amide bonds. The number of nitrogens with two attached hydrogens (primary N) is 1. The van der Waals surface area contributed by atoms with Gasteiger partial charge < -0.3 is 20.1 Å². The number of ether oxygens (including phenoxy) is 2. The van der Waals surface area contributed by atoms with Gasteiger partial charge in [0.1, 0.15) is 19.3 Å². The van der Waals surface area contributed by atoms with Gasteiger partial charge in [-0.1, -0.05) is 6.07 Å². The molecule has 0 radical (unpaired) electrons. The van der Waals surface area contributed by atoms with E-state index in [9.17, 15) is 18.0 Å². The maximum absolute atomic E-state index is 13.2. The highest BCUT2D eigenvalue weighted by Gasteiger charge is 2.47. The summed E-state index contributed by atoms with van der Waals surface area (Å²) in [5.74, 6) is 0.720. The van der Waals surface area contributed by atoms with Crippen LogP contribution in [0.4, 0.5) is 13.2 Å². The van der Waals surface area contributed by atoms with Crippen LogP contribution in [0.5, 0.6) is 11.5 Å². The van der Waals surface area contributed by atoms with Gasteiger partial charge in [0, 0.05) is 19.0 Å². The molecule has 1 aromatic rings. The number of alkyl halides is 3. The summed E-state index contributed by atoms with van der Waals surface area (Å²) in [5, 5.41) is 0. The summed E-state index contributed by atoms with van der Waals surface area (Å²) in [6.45, 7) is 0.886. The number of aryl methyl sites for hydroxylation is 1. The normalized spacial score (nSPS) is 22.5. The van der Waals surface area contributed by atoms with Crippen molar-refractivity contribution < 1.29 is 27.4 Å². The average Bonchev–Trinajstić information content (AvgIpc) is 2.58. The molecule has 2 heterocycles. The number of carbonyl (C=O) groups is 1. The summed E-state index contributed by atoms with van der Waals surface area (Å²) in [5.41, 5.74) is 6.58.